The summed E-state index contributed by atoms with van der Waals surface area (Å²) >= 11 is 0. The van der Waals surface area contributed by atoms with E-state index in [1.165, 1.54) is 36.9 Å². The molecular formula is C15H20N2O. The predicted octanol–water partition coefficient (Wildman–Crippen LogP) is 2.75. The topological polar surface area (TPSA) is 28.4 Å². The second kappa shape index (κ2) is 5.12. The quantitative estimate of drug-likeness (QED) is 0.896. The van der Waals surface area contributed by atoms with Crippen molar-refractivity contribution in [3.05, 3.63) is 35.6 Å². The van der Waals surface area contributed by atoms with Crippen molar-refractivity contribution in [1.29, 1.82) is 0 Å². The zero-order valence-electron chi connectivity index (χ0n) is 10.9. The van der Waals surface area contributed by atoms with E-state index < -0.39 is 0 Å². The molecule has 0 amide bonds. The fourth-order valence-corrected chi connectivity index (χ4v) is 2.79. The summed E-state index contributed by atoms with van der Waals surface area (Å²) in [5, 5.41) is 4.47. The third-order valence-corrected chi connectivity index (χ3v) is 3.70. The van der Waals surface area contributed by atoms with Crippen LogP contribution in [0, 0.1) is 0 Å². The molecule has 3 rings (SSSR count). The zero-order chi connectivity index (χ0) is 12.4. The minimum Gasteiger partial charge on any atom is -0.459 e. The Kier molecular flexibility index (Phi) is 3.35. The molecule has 0 spiro atoms. The molecule has 0 bridgehead atoms. The van der Waals surface area contributed by atoms with Crippen LogP contribution in [0.5, 0.6) is 0 Å². The van der Waals surface area contributed by atoms with Crippen molar-refractivity contribution in [2.45, 2.75) is 25.9 Å². The molecule has 96 valence electrons. The van der Waals surface area contributed by atoms with Gasteiger partial charge in [-0.3, -0.25) is 4.90 Å². The molecule has 1 aliphatic rings. The molecule has 1 saturated heterocycles. The highest BCUT2D eigenvalue weighted by Gasteiger charge is 2.18. The van der Waals surface area contributed by atoms with Gasteiger partial charge in [-0.15, -0.1) is 0 Å². The fraction of sp³-hybridized carbons (Fsp3) is 0.467. The second-order valence-electron chi connectivity index (χ2n) is 5.01. The van der Waals surface area contributed by atoms with Gasteiger partial charge in [-0.1, -0.05) is 18.2 Å². The number of fused-ring (bicyclic) bond motifs is 1. The maximum Gasteiger partial charge on any atom is 0.134 e. The third-order valence-electron chi connectivity index (χ3n) is 3.70. The van der Waals surface area contributed by atoms with Crippen molar-refractivity contribution in [1.82, 2.24) is 10.2 Å². The van der Waals surface area contributed by atoms with Crippen LogP contribution < -0.4 is 5.32 Å². The molecular weight excluding hydrogens is 224 g/mol. The largest absolute Gasteiger partial charge is 0.459 e. The lowest BCUT2D eigenvalue weighted by Crippen LogP contribution is -2.19. The van der Waals surface area contributed by atoms with E-state index in [-0.39, 0.29) is 0 Å². The molecule has 2 heterocycles. The van der Waals surface area contributed by atoms with Gasteiger partial charge in [0.2, 0.25) is 0 Å². The standard InChI is InChI=1S/C15H20N2O/c1-16-10-15-13(11-17-8-4-5-9-17)12-6-2-3-7-14(12)18-15/h2-3,6-7,16H,4-5,8-11H2,1H3. The van der Waals surface area contributed by atoms with Gasteiger partial charge in [0.05, 0.1) is 6.54 Å². The maximum atomic E-state index is 5.96. The van der Waals surface area contributed by atoms with Gasteiger partial charge in [0, 0.05) is 17.5 Å². The lowest BCUT2D eigenvalue weighted by molar-refractivity contribution is 0.328. The number of hydrogen-bond donors (Lipinski definition) is 1. The summed E-state index contributed by atoms with van der Waals surface area (Å²) in [6.45, 7) is 4.27. The normalized spacial score (nSPS) is 16.7. The van der Waals surface area contributed by atoms with E-state index in [1.54, 1.807) is 0 Å². The van der Waals surface area contributed by atoms with Crippen LogP contribution in [0.3, 0.4) is 0 Å². The monoisotopic (exact) mass is 244 g/mol. The number of likely N-dealkylation sites (tertiary alicyclic amines) is 1. The highest BCUT2D eigenvalue weighted by molar-refractivity contribution is 5.82. The average Bonchev–Trinajstić information content (AvgIpc) is 3.00. The lowest BCUT2D eigenvalue weighted by Gasteiger charge is -2.14. The molecule has 0 aliphatic carbocycles. The van der Waals surface area contributed by atoms with Gasteiger partial charge < -0.3 is 9.73 Å². The van der Waals surface area contributed by atoms with Crippen LogP contribution in [-0.2, 0) is 13.1 Å². The summed E-state index contributed by atoms with van der Waals surface area (Å²) in [7, 11) is 1.97. The Balaban J connectivity index is 1.97. The summed E-state index contributed by atoms with van der Waals surface area (Å²) in [4.78, 5) is 2.52. The van der Waals surface area contributed by atoms with Gasteiger partial charge in [-0.2, -0.15) is 0 Å². The first-order valence-corrected chi connectivity index (χ1v) is 6.74. The Bertz CT molecular complexity index is 526. The maximum absolute atomic E-state index is 5.96. The molecule has 1 aromatic heterocycles. The smallest absolute Gasteiger partial charge is 0.134 e. The molecule has 3 nitrogen and oxygen atoms in total. The van der Waals surface area contributed by atoms with Crippen molar-refractivity contribution in [3.8, 4) is 0 Å². The predicted molar refractivity (Wildman–Crippen MR) is 73.5 cm³/mol. The number of rotatable bonds is 4. The summed E-state index contributed by atoms with van der Waals surface area (Å²) in [6, 6.07) is 8.36. The Morgan fingerprint density at radius 2 is 2.00 bits per heavy atom. The molecule has 0 saturated carbocycles. The van der Waals surface area contributed by atoms with E-state index in [1.807, 2.05) is 13.1 Å². The summed E-state index contributed by atoms with van der Waals surface area (Å²) < 4.78 is 5.96. The van der Waals surface area contributed by atoms with Crippen LogP contribution in [0.4, 0.5) is 0 Å². The number of nitrogens with zero attached hydrogens (tertiary/aromatic N) is 1. The van der Waals surface area contributed by atoms with E-state index in [9.17, 15) is 0 Å². The van der Waals surface area contributed by atoms with Crippen molar-refractivity contribution >= 4 is 11.0 Å². The first-order valence-electron chi connectivity index (χ1n) is 6.74. The second-order valence-corrected chi connectivity index (χ2v) is 5.01. The molecule has 1 N–H and O–H groups in total. The van der Waals surface area contributed by atoms with Crippen LogP contribution in [0.1, 0.15) is 24.2 Å². The molecule has 0 unspecified atom stereocenters. The van der Waals surface area contributed by atoms with Gasteiger partial charge in [0.25, 0.3) is 0 Å². The molecule has 1 fully saturated rings. The number of furan rings is 1. The van der Waals surface area contributed by atoms with Crippen LogP contribution in [0.15, 0.2) is 28.7 Å². The summed E-state index contributed by atoms with van der Waals surface area (Å²) in [5.41, 5.74) is 2.37. The lowest BCUT2D eigenvalue weighted by atomic mass is 10.1. The average molecular weight is 244 g/mol. The van der Waals surface area contributed by atoms with E-state index in [4.69, 9.17) is 4.42 Å². The van der Waals surface area contributed by atoms with E-state index in [2.05, 4.69) is 28.4 Å². The Labute approximate surface area is 108 Å². The van der Waals surface area contributed by atoms with Crippen molar-refractivity contribution in [2.24, 2.45) is 0 Å². The van der Waals surface area contributed by atoms with Crippen LogP contribution >= 0.6 is 0 Å². The van der Waals surface area contributed by atoms with Gasteiger partial charge in [0.15, 0.2) is 0 Å². The van der Waals surface area contributed by atoms with E-state index >= 15 is 0 Å². The molecule has 3 heteroatoms. The van der Waals surface area contributed by atoms with Crippen molar-refractivity contribution in [2.75, 3.05) is 20.1 Å². The van der Waals surface area contributed by atoms with Crippen molar-refractivity contribution < 1.29 is 4.42 Å². The number of para-hydroxylation sites is 1. The van der Waals surface area contributed by atoms with Crippen LogP contribution in [0.2, 0.25) is 0 Å². The minimum atomic E-state index is 0.803. The molecule has 1 aromatic carbocycles. The van der Waals surface area contributed by atoms with E-state index in [0.717, 1.165) is 24.4 Å². The fourth-order valence-electron chi connectivity index (χ4n) is 2.79. The van der Waals surface area contributed by atoms with E-state index in [0.29, 0.717) is 0 Å². The highest BCUT2D eigenvalue weighted by atomic mass is 16.3. The molecule has 18 heavy (non-hydrogen) atoms. The summed E-state index contributed by atoms with van der Waals surface area (Å²) in [6.07, 6.45) is 2.66. The molecule has 2 aromatic rings. The Morgan fingerprint density at radius 3 is 2.78 bits per heavy atom. The molecule has 0 atom stereocenters. The highest BCUT2D eigenvalue weighted by Crippen LogP contribution is 2.28. The van der Waals surface area contributed by atoms with Crippen LogP contribution in [0.25, 0.3) is 11.0 Å². The minimum absolute atomic E-state index is 0.803. The third kappa shape index (κ3) is 2.16. The van der Waals surface area contributed by atoms with Crippen LogP contribution in [-0.4, -0.2) is 25.0 Å². The molecule has 1 aliphatic heterocycles. The first-order chi connectivity index (χ1) is 8.88. The van der Waals surface area contributed by atoms with Gasteiger partial charge in [0.1, 0.15) is 11.3 Å². The first kappa shape index (κ1) is 11.8. The van der Waals surface area contributed by atoms with Gasteiger partial charge >= 0.3 is 0 Å². The Hall–Kier alpha value is -1.32. The number of hydrogen-bond acceptors (Lipinski definition) is 3. The number of benzene rings is 1. The number of nitrogens with one attached hydrogen (secondary N) is 1. The van der Waals surface area contributed by atoms with Gasteiger partial charge in [-0.25, -0.2) is 0 Å². The van der Waals surface area contributed by atoms with Gasteiger partial charge in [-0.05, 0) is 39.0 Å². The van der Waals surface area contributed by atoms with Crippen molar-refractivity contribution in [3.63, 3.8) is 0 Å². The SMILES string of the molecule is CNCc1oc2ccccc2c1CN1CCCC1. The Morgan fingerprint density at radius 1 is 1.22 bits per heavy atom. The molecule has 0 radical (unpaired) electrons. The zero-order valence-corrected chi connectivity index (χ0v) is 10.9. The summed E-state index contributed by atoms with van der Waals surface area (Å²) in [5.74, 6) is 1.09.